The minimum atomic E-state index is -0.451. The van der Waals surface area contributed by atoms with E-state index in [0.717, 1.165) is 18.5 Å². The van der Waals surface area contributed by atoms with Crippen LogP contribution in [-0.4, -0.2) is 22.0 Å². The van der Waals surface area contributed by atoms with E-state index in [1.165, 1.54) is 12.8 Å². The van der Waals surface area contributed by atoms with Crippen molar-refractivity contribution in [2.75, 3.05) is 7.11 Å². The Bertz CT molecular complexity index is 375. The number of hydrogen-bond donors (Lipinski definition) is 1. The fraction of sp³-hybridized carbons (Fsp3) is 0.769. The quantitative estimate of drug-likeness (QED) is 0.879. The van der Waals surface area contributed by atoms with Gasteiger partial charge in [0.05, 0.1) is 12.8 Å². The maximum atomic E-state index is 10.4. The maximum Gasteiger partial charge on any atom is 0.211 e. The first kappa shape index (κ1) is 12.4. The number of ether oxygens (including phenoxy) is 1. The van der Waals surface area contributed by atoms with Crippen LogP contribution in [0.15, 0.2) is 6.07 Å². The predicted octanol–water partition coefficient (Wildman–Crippen LogP) is 2.29. The lowest BCUT2D eigenvalue weighted by molar-refractivity contribution is 0.0676. The number of methoxy groups -OCH3 is 1. The maximum absolute atomic E-state index is 10.4. The molecule has 0 spiro atoms. The molecule has 1 aromatic rings. The highest BCUT2D eigenvalue weighted by molar-refractivity contribution is 5.18. The number of nitrogens with zero attached hydrogens (tertiary/aromatic N) is 2. The van der Waals surface area contributed by atoms with Gasteiger partial charge in [-0.3, -0.25) is 0 Å². The first-order valence-electron chi connectivity index (χ1n) is 6.37. The summed E-state index contributed by atoms with van der Waals surface area (Å²) < 4.78 is 6.85. The topological polar surface area (TPSA) is 47.3 Å². The van der Waals surface area contributed by atoms with E-state index in [1.807, 2.05) is 13.1 Å². The van der Waals surface area contributed by atoms with Gasteiger partial charge in [0.2, 0.25) is 5.88 Å². The highest BCUT2D eigenvalue weighted by Crippen LogP contribution is 2.37. The minimum Gasteiger partial charge on any atom is -0.481 e. The van der Waals surface area contributed by atoms with E-state index < -0.39 is 6.10 Å². The molecule has 2 rings (SSSR count). The van der Waals surface area contributed by atoms with Crippen LogP contribution in [0.5, 0.6) is 5.88 Å². The number of aryl methyl sites for hydroxylation is 1. The second kappa shape index (κ2) is 5.08. The fourth-order valence-electron chi connectivity index (χ4n) is 2.82. The summed E-state index contributed by atoms with van der Waals surface area (Å²) in [7, 11) is 3.45. The molecule has 1 N–H and O–H groups in total. The van der Waals surface area contributed by atoms with Crippen molar-refractivity contribution in [1.82, 2.24) is 9.78 Å². The van der Waals surface area contributed by atoms with Crippen LogP contribution < -0.4 is 4.74 Å². The molecule has 1 aliphatic carbocycles. The van der Waals surface area contributed by atoms with Crippen molar-refractivity contribution in [3.63, 3.8) is 0 Å². The van der Waals surface area contributed by atoms with E-state index >= 15 is 0 Å². The van der Waals surface area contributed by atoms with E-state index in [2.05, 4.69) is 12.0 Å². The van der Waals surface area contributed by atoms with Crippen LogP contribution in [0.4, 0.5) is 0 Å². The summed E-state index contributed by atoms with van der Waals surface area (Å²) in [6.45, 7) is 2.26. The molecule has 3 atom stereocenters. The molecular formula is C13H22N2O2. The fourth-order valence-corrected chi connectivity index (χ4v) is 2.82. The van der Waals surface area contributed by atoms with Crippen LogP contribution in [0.3, 0.4) is 0 Å². The Morgan fingerprint density at radius 1 is 1.53 bits per heavy atom. The van der Waals surface area contributed by atoms with Gasteiger partial charge >= 0.3 is 0 Å². The van der Waals surface area contributed by atoms with Gasteiger partial charge in [0, 0.05) is 13.1 Å². The molecule has 1 fully saturated rings. The third kappa shape index (κ3) is 2.63. The van der Waals surface area contributed by atoms with Crippen LogP contribution in [-0.2, 0) is 7.05 Å². The Balaban J connectivity index is 2.09. The average molecular weight is 238 g/mol. The zero-order valence-electron chi connectivity index (χ0n) is 10.9. The molecule has 1 aliphatic rings. The summed E-state index contributed by atoms with van der Waals surface area (Å²) in [5.74, 6) is 1.76. The molecule has 0 aromatic carbocycles. The highest BCUT2D eigenvalue weighted by Gasteiger charge is 2.28. The van der Waals surface area contributed by atoms with Crippen LogP contribution in [0, 0.1) is 11.8 Å². The van der Waals surface area contributed by atoms with Gasteiger partial charge < -0.3 is 9.84 Å². The van der Waals surface area contributed by atoms with Crippen molar-refractivity contribution in [3.05, 3.63) is 11.8 Å². The Labute approximate surface area is 103 Å². The minimum absolute atomic E-state index is 0.346. The molecule has 1 saturated carbocycles. The molecule has 0 bridgehead atoms. The lowest BCUT2D eigenvalue weighted by Crippen LogP contribution is -2.20. The van der Waals surface area contributed by atoms with Gasteiger partial charge in [-0.05, 0) is 24.7 Å². The van der Waals surface area contributed by atoms with Crippen molar-refractivity contribution >= 4 is 0 Å². The van der Waals surface area contributed by atoms with E-state index in [9.17, 15) is 5.11 Å². The van der Waals surface area contributed by atoms with Crippen molar-refractivity contribution < 1.29 is 9.84 Å². The van der Waals surface area contributed by atoms with E-state index in [4.69, 9.17) is 4.74 Å². The molecular weight excluding hydrogens is 216 g/mol. The third-order valence-corrected chi connectivity index (χ3v) is 3.79. The van der Waals surface area contributed by atoms with Crippen LogP contribution in [0.25, 0.3) is 0 Å². The Hall–Kier alpha value is -1.03. The van der Waals surface area contributed by atoms with Crippen LogP contribution in [0.1, 0.15) is 44.4 Å². The van der Waals surface area contributed by atoms with Gasteiger partial charge in [-0.25, -0.2) is 4.68 Å². The second-order valence-corrected chi connectivity index (χ2v) is 5.21. The predicted molar refractivity (Wildman–Crippen MR) is 65.8 cm³/mol. The first-order valence-corrected chi connectivity index (χ1v) is 6.37. The molecule has 0 aliphatic heterocycles. The number of hydrogen-bond acceptors (Lipinski definition) is 3. The summed E-state index contributed by atoms with van der Waals surface area (Å²) in [5, 5.41) is 14.7. The summed E-state index contributed by atoms with van der Waals surface area (Å²) in [6, 6.07) is 1.84. The molecule has 0 saturated heterocycles. The SMILES string of the molecule is COc1cc(C(O)C2CCCC(C)C2)nn1C. The normalized spacial score (nSPS) is 26.8. The zero-order valence-corrected chi connectivity index (χ0v) is 10.9. The molecule has 1 aromatic heterocycles. The lowest BCUT2D eigenvalue weighted by atomic mass is 9.79. The summed E-state index contributed by atoms with van der Waals surface area (Å²) in [4.78, 5) is 0. The van der Waals surface area contributed by atoms with Gasteiger partial charge in [0.1, 0.15) is 6.10 Å². The van der Waals surface area contributed by atoms with E-state index in [-0.39, 0.29) is 0 Å². The Morgan fingerprint density at radius 3 is 2.88 bits per heavy atom. The van der Waals surface area contributed by atoms with E-state index in [1.54, 1.807) is 11.8 Å². The number of aliphatic hydroxyl groups is 1. The van der Waals surface area contributed by atoms with E-state index in [0.29, 0.717) is 17.7 Å². The largest absolute Gasteiger partial charge is 0.481 e. The molecule has 1 heterocycles. The molecule has 17 heavy (non-hydrogen) atoms. The molecule has 0 amide bonds. The molecule has 3 unspecified atom stereocenters. The smallest absolute Gasteiger partial charge is 0.211 e. The second-order valence-electron chi connectivity index (χ2n) is 5.21. The third-order valence-electron chi connectivity index (χ3n) is 3.79. The molecule has 4 nitrogen and oxygen atoms in total. The highest BCUT2D eigenvalue weighted by atomic mass is 16.5. The van der Waals surface area contributed by atoms with Crippen molar-refractivity contribution in [1.29, 1.82) is 0 Å². The Kier molecular flexibility index (Phi) is 3.72. The number of aliphatic hydroxyl groups excluding tert-OH is 1. The molecule has 4 heteroatoms. The van der Waals surface area contributed by atoms with Gasteiger partial charge in [-0.15, -0.1) is 0 Å². The van der Waals surface area contributed by atoms with Gasteiger partial charge in [0.25, 0.3) is 0 Å². The van der Waals surface area contributed by atoms with Crippen molar-refractivity contribution in [2.45, 2.75) is 38.7 Å². The molecule has 0 radical (unpaired) electrons. The molecule has 96 valence electrons. The first-order chi connectivity index (χ1) is 8.11. The van der Waals surface area contributed by atoms with Crippen LogP contribution >= 0.6 is 0 Å². The lowest BCUT2D eigenvalue weighted by Gasteiger charge is -2.29. The number of rotatable bonds is 3. The van der Waals surface area contributed by atoms with Crippen molar-refractivity contribution in [2.24, 2.45) is 18.9 Å². The van der Waals surface area contributed by atoms with Crippen molar-refractivity contribution in [3.8, 4) is 5.88 Å². The summed E-state index contributed by atoms with van der Waals surface area (Å²) in [5.41, 5.74) is 0.739. The summed E-state index contributed by atoms with van der Waals surface area (Å²) in [6.07, 6.45) is 4.25. The average Bonchev–Trinajstić information content (AvgIpc) is 2.69. The number of aromatic nitrogens is 2. The monoisotopic (exact) mass is 238 g/mol. The van der Waals surface area contributed by atoms with Crippen LogP contribution in [0.2, 0.25) is 0 Å². The van der Waals surface area contributed by atoms with Gasteiger partial charge in [-0.1, -0.05) is 19.8 Å². The summed E-state index contributed by atoms with van der Waals surface area (Å²) >= 11 is 0. The zero-order chi connectivity index (χ0) is 12.4. The Morgan fingerprint density at radius 2 is 2.29 bits per heavy atom. The van der Waals surface area contributed by atoms with Gasteiger partial charge in [-0.2, -0.15) is 5.10 Å². The standard InChI is InChI=1S/C13H22N2O2/c1-9-5-4-6-10(7-9)13(16)11-8-12(17-3)15(2)14-11/h8-10,13,16H,4-7H2,1-3H3. The van der Waals surface area contributed by atoms with Gasteiger partial charge in [0.15, 0.2) is 0 Å².